The minimum Gasteiger partial charge on any atom is -0.508 e. The minimum absolute atomic E-state index is 0.111. The Morgan fingerprint density at radius 2 is 1.72 bits per heavy atom. The molecule has 144 valence electrons. The molecule has 6 nitrogen and oxygen atoms in total. The van der Waals surface area contributed by atoms with Crippen molar-refractivity contribution < 1.29 is 19.5 Å². The fourth-order valence-corrected chi connectivity index (χ4v) is 3.86. The second kappa shape index (κ2) is 7.81. The fourth-order valence-electron chi connectivity index (χ4n) is 3.03. The summed E-state index contributed by atoms with van der Waals surface area (Å²) in [4.78, 5) is 38.5. The van der Waals surface area contributed by atoms with Crippen molar-refractivity contribution in [3.05, 3.63) is 77.2 Å². The molecule has 1 aliphatic rings. The second-order valence-electron chi connectivity index (χ2n) is 6.43. The normalized spacial score (nSPS) is 15.3. The van der Waals surface area contributed by atoms with Gasteiger partial charge in [-0.2, -0.15) is 0 Å². The van der Waals surface area contributed by atoms with E-state index in [1.165, 1.54) is 12.1 Å². The van der Waals surface area contributed by atoms with E-state index >= 15 is 0 Å². The molecule has 0 unspecified atom stereocenters. The molecule has 0 spiro atoms. The molecule has 0 radical (unpaired) electrons. The van der Waals surface area contributed by atoms with Gasteiger partial charge in [0, 0.05) is 11.1 Å². The van der Waals surface area contributed by atoms with Crippen LogP contribution in [0.2, 0.25) is 0 Å². The maximum Gasteiger partial charge on any atom is 0.294 e. The van der Waals surface area contributed by atoms with Crippen LogP contribution >= 0.6 is 11.8 Å². The summed E-state index contributed by atoms with van der Waals surface area (Å²) in [6.07, 6.45) is 1.56. The van der Waals surface area contributed by atoms with Crippen LogP contribution in [0.4, 0.5) is 10.5 Å². The van der Waals surface area contributed by atoms with Crippen molar-refractivity contribution in [1.29, 1.82) is 0 Å². The Balaban J connectivity index is 1.48. The molecule has 0 saturated carbocycles. The highest BCUT2D eigenvalue weighted by molar-refractivity contribution is 8.18. The molecule has 0 atom stereocenters. The number of nitrogens with one attached hydrogen (secondary N) is 1. The second-order valence-corrected chi connectivity index (χ2v) is 7.43. The highest BCUT2D eigenvalue weighted by atomic mass is 32.2. The SMILES string of the molecule is O=C(CN1C(=O)S/C(=C/c2ccc(O)cc2)C1=O)Nc1cccc2ccccc12. The van der Waals surface area contributed by atoms with Crippen molar-refractivity contribution in [3.8, 4) is 5.75 Å². The van der Waals surface area contributed by atoms with Gasteiger partial charge in [-0.15, -0.1) is 0 Å². The number of aromatic hydroxyl groups is 1. The van der Waals surface area contributed by atoms with Gasteiger partial charge < -0.3 is 10.4 Å². The number of amides is 3. The van der Waals surface area contributed by atoms with Crippen molar-refractivity contribution in [2.45, 2.75) is 0 Å². The molecule has 3 aromatic carbocycles. The Morgan fingerprint density at radius 3 is 2.52 bits per heavy atom. The summed E-state index contributed by atoms with van der Waals surface area (Å²) in [6.45, 7) is -0.360. The van der Waals surface area contributed by atoms with Gasteiger partial charge in [0.25, 0.3) is 11.1 Å². The maximum atomic E-state index is 12.6. The number of carbonyl (C=O) groups is 3. The molecule has 0 aliphatic carbocycles. The van der Waals surface area contributed by atoms with Gasteiger partial charge in [0.1, 0.15) is 12.3 Å². The number of anilines is 1. The molecule has 29 heavy (non-hydrogen) atoms. The van der Waals surface area contributed by atoms with E-state index in [-0.39, 0.29) is 17.2 Å². The van der Waals surface area contributed by atoms with Gasteiger partial charge in [-0.1, -0.05) is 48.5 Å². The lowest BCUT2D eigenvalue weighted by Gasteiger charge is -2.13. The van der Waals surface area contributed by atoms with Crippen LogP contribution in [0.15, 0.2) is 71.6 Å². The van der Waals surface area contributed by atoms with Crippen LogP contribution in [-0.4, -0.2) is 33.6 Å². The molecular formula is C22H16N2O4S. The van der Waals surface area contributed by atoms with Gasteiger partial charge in [0.15, 0.2) is 0 Å². The van der Waals surface area contributed by atoms with Crippen molar-refractivity contribution in [2.24, 2.45) is 0 Å². The Labute approximate surface area is 170 Å². The van der Waals surface area contributed by atoms with E-state index in [2.05, 4.69) is 5.32 Å². The average molecular weight is 404 g/mol. The molecule has 7 heteroatoms. The van der Waals surface area contributed by atoms with Gasteiger partial charge in [0.05, 0.1) is 4.91 Å². The first-order valence-corrected chi connectivity index (χ1v) is 9.65. The molecule has 1 heterocycles. The molecule has 1 saturated heterocycles. The van der Waals surface area contributed by atoms with Crippen LogP contribution in [-0.2, 0) is 9.59 Å². The van der Waals surface area contributed by atoms with Crippen LogP contribution < -0.4 is 5.32 Å². The number of nitrogens with zero attached hydrogens (tertiary/aromatic N) is 1. The van der Waals surface area contributed by atoms with Gasteiger partial charge in [-0.05, 0) is 47.0 Å². The molecule has 3 aromatic rings. The number of rotatable bonds is 4. The summed E-state index contributed by atoms with van der Waals surface area (Å²) >= 11 is 0.788. The predicted octanol–water partition coefficient (Wildman–Crippen LogP) is 4.22. The van der Waals surface area contributed by atoms with Gasteiger partial charge in [0.2, 0.25) is 5.91 Å². The summed E-state index contributed by atoms with van der Waals surface area (Å²) < 4.78 is 0. The zero-order valence-electron chi connectivity index (χ0n) is 15.2. The van der Waals surface area contributed by atoms with Gasteiger partial charge >= 0.3 is 0 Å². The van der Waals surface area contributed by atoms with Crippen molar-refractivity contribution >= 4 is 51.4 Å². The van der Waals surface area contributed by atoms with Crippen LogP contribution in [0.3, 0.4) is 0 Å². The monoisotopic (exact) mass is 404 g/mol. The van der Waals surface area contributed by atoms with Crippen molar-refractivity contribution in [2.75, 3.05) is 11.9 Å². The lowest BCUT2D eigenvalue weighted by Crippen LogP contribution is -2.36. The van der Waals surface area contributed by atoms with Crippen LogP contribution in [0.25, 0.3) is 16.8 Å². The molecule has 2 N–H and O–H groups in total. The number of phenols is 1. The zero-order chi connectivity index (χ0) is 20.4. The number of carbonyl (C=O) groups excluding carboxylic acids is 3. The number of hydrogen-bond donors (Lipinski definition) is 2. The lowest BCUT2D eigenvalue weighted by atomic mass is 10.1. The highest BCUT2D eigenvalue weighted by Crippen LogP contribution is 2.32. The zero-order valence-corrected chi connectivity index (χ0v) is 16.0. The third kappa shape index (κ3) is 4.00. The number of fused-ring (bicyclic) bond motifs is 1. The van der Waals surface area contributed by atoms with E-state index in [4.69, 9.17) is 0 Å². The molecule has 0 bridgehead atoms. The summed E-state index contributed by atoms with van der Waals surface area (Å²) in [6, 6.07) is 19.4. The predicted molar refractivity (Wildman–Crippen MR) is 113 cm³/mol. The first-order chi connectivity index (χ1) is 14.0. The molecule has 0 aromatic heterocycles. The van der Waals surface area contributed by atoms with Gasteiger partial charge in [-0.3, -0.25) is 19.3 Å². The number of imide groups is 1. The van der Waals surface area contributed by atoms with Crippen LogP contribution in [0.1, 0.15) is 5.56 Å². The third-order valence-corrected chi connectivity index (χ3v) is 5.34. The van der Waals surface area contributed by atoms with E-state index in [1.54, 1.807) is 24.3 Å². The third-order valence-electron chi connectivity index (χ3n) is 4.43. The molecule has 1 fully saturated rings. The summed E-state index contributed by atoms with van der Waals surface area (Å²) in [5.74, 6) is -0.851. The largest absolute Gasteiger partial charge is 0.508 e. The first kappa shape index (κ1) is 18.8. The van der Waals surface area contributed by atoms with Crippen LogP contribution in [0.5, 0.6) is 5.75 Å². The Hall–Kier alpha value is -3.58. The van der Waals surface area contributed by atoms with Gasteiger partial charge in [-0.25, -0.2) is 0 Å². The highest BCUT2D eigenvalue weighted by Gasteiger charge is 2.36. The lowest BCUT2D eigenvalue weighted by molar-refractivity contribution is -0.127. The quantitative estimate of drug-likeness (QED) is 0.636. The van der Waals surface area contributed by atoms with E-state index in [9.17, 15) is 19.5 Å². The smallest absolute Gasteiger partial charge is 0.294 e. The average Bonchev–Trinajstić information content (AvgIpc) is 2.97. The van der Waals surface area contributed by atoms with Crippen molar-refractivity contribution in [1.82, 2.24) is 4.90 Å². The van der Waals surface area contributed by atoms with Crippen molar-refractivity contribution in [3.63, 3.8) is 0 Å². The standard InChI is InChI=1S/C22H16N2O4S/c25-16-10-8-14(9-11-16)12-19-21(27)24(22(28)29-19)13-20(26)23-18-7-3-5-15-4-1-2-6-17(15)18/h1-12,25H,13H2,(H,23,26)/b19-12+. The number of benzene rings is 3. The van der Waals surface area contributed by atoms with E-state index < -0.39 is 17.1 Å². The van der Waals surface area contributed by atoms with E-state index in [1.807, 2.05) is 36.4 Å². The van der Waals surface area contributed by atoms with E-state index in [0.29, 0.717) is 11.3 Å². The first-order valence-electron chi connectivity index (χ1n) is 8.83. The van der Waals surface area contributed by atoms with Crippen LogP contribution in [0, 0.1) is 0 Å². The topological polar surface area (TPSA) is 86.7 Å². The van der Waals surface area contributed by atoms with E-state index in [0.717, 1.165) is 27.4 Å². The fraction of sp³-hybridized carbons (Fsp3) is 0.0455. The molecule has 3 amide bonds. The maximum absolute atomic E-state index is 12.6. The summed E-state index contributed by atoms with van der Waals surface area (Å²) in [5.41, 5.74) is 1.30. The minimum atomic E-state index is -0.513. The number of phenolic OH excluding ortho intramolecular Hbond substituents is 1. The molecular weight excluding hydrogens is 388 g/mol. The summed E-state index contributed by atoms with van der Waals surface area (Å²) in [5, 5.41) is 13.5. The Bertz CT molecular complexity index is 1150. The summed E-state index contributed by atoms with van der Waals surface area (Å²) in [7, 11) is 0. The number of hydrogen-bond acceptors (Lipinski definition) is 5. The Morgan fingerprint density at radius 1 is 1.00 bits per heavy atom. The molecule has 1 aliphatic heterocycles. The Kier molecular flexibility index (Phi) is 5.05. The number of thioether (sulfide) groups is 1. The molecule has 4 rings (SSSR count).